The Morgan fingerprint density at radius 3 is 2.95 bits per heavy atom. The van der Waals surface area contributed by atoms with E-state index in [0.29, 0.717) is 13.2 Å². The first-order valence-electron chi connectivity index (χ1n) is 5.90. The molecule has 0 bridgehead atoms. The minimum Gasteiger partial charge on any atom is -0.481 e. The van der Waals surface area contributed by atoms with Gasteiger partial charge in [0.05, 0.1) is 18.7 Å². The molecule has 1 amide bonds. The average molecular weight is 328 g/mol. The van der Waals surface area contributed by atoms with E-state index in [9.17, 15) is 9.59 Å². The fourth-order valence-corrected chi connectivity index (χ4v) is 2.72. The zero-order valence-corrected chi connectivity index (χ0v) is 12.0. The van der Waals surface area contributed by atoms with Crippen molar-refractivity contribution < 1.29 is 19.4 Å². The number of morpholine rings is 1. The van der Waals surface area contributed by atoms with Crippen molar-refractivity contribution in [1.82, 2.24) is 0 Å². The number of benzene rings is 1. The number of anilines is 1. The van der Waals surface area contributed by atoms with Crippen LogP contribution < -0.4 is 4.90 Å². The molecule has 0 spiro atoms. The molecule has 102 valence electrons. The number of nitrogens with zero attached hydrogens (tertiary/aromatic N) is 1. The maximum Gasteiger partial charge on any atom is 0.306 e. The summed E-state index contributed by atoms with van der Waals surface area (Å²) in [6.07, 6.45) is -1.21. The molecule has 0 radical (unpaired) electrons. The molecule has 0 aliphatic carbocycles. The van der Waals surface area contributed by atoms with E-state index in [-0.39, 0.29) is 12.3 Å². The van der Waals surface area contributed by atoms with Crippen molar-refractivity contribution in [3.8, 4) is 0 Å². The van der Waals surface area contributed by atoms with Crippen LogP contribution in [0.2, 0.25) is 0 Å². The van der Waals surface area contributed by atoms with Crippen LogP contribution in [-0.2, 0) is 14.3 Å². The zero-order chi connectivity index (χ0) is 14.0. The smallest absolute Gasteiger partial charge is 0.306 e. The van der Waals surface area contributed by atoms with E-state index >= 15 is 0 Å². The van der Waals surface area contributed by atoms with Gasteiger partial charge in [0.25, 0.3) is 5.91 Å². The number of carboxylic acid groups (broad SMARTS) is 1. The number of ether oxygens (including phenoxy) is 1. The summed E-state index contributed by atoms with van der Waals surface area (Å²) >= 11 is 3.43. The standard InChI is InChI=1S/C13H14BrNO4/c1-8-2-3-10(9(14)6-8)15-4-5-19-11(13(15)18)7-12(16)17/h2-3,6,11H,4-5,7H2,1H3,(H,16,17). The molecule has 1 atom stereocenters. The molecule has 1 aromatic rings. The Labute approximate surface area is 119 Å². The third kappa shape index (κ3) is 3.13. The number of aliphatic carboxylic acids is 1. The Kier molecular flexibility index (Phi) is 4.21. The average Bonchev–Trinajstić information content (AvgIpc) is 2.32. The van der Waals surface area contributed by atoms with Gasteiger partial charge in [0, 0.05) is 11.0 Å². The molecular formula is C13H14BrNO4. The Bertz CT molecular complexity index is 517. The molecule has 6 heteroatoms. The molecule has 2 rings (SSSR count). The predicted octanol–water partition coefficient (Wildman–Crippen LogP) is 1.96. The summed E-state index contributed by atoms with van der Waals surface area (Å²) in [5.74, 6) is -1.35. The number of hydrogen-bond donors (Lipinski definition) is 1. The Balaban J connectivity index is 2.24. The van der Waals surface area contributed by atoms with Gasteiger partial charge in [-0.1, -0.05) is 6.07 Å². The molecule has 0 aromatic heterocycles. The summed E-state index contributed by atoms with van der Waals surface area (Å²) in [7, 11) is 0. The number of rotatable bonds is 3. The van der Waals surface area contributed by atoms with E-state index in [1.165, 1.54) is 0 Å². The van der Waals surface area contributed by atoms with Gasteiger partial charge in [0.2, 0.25) is 0 Å². The lowest BCUT2D eigenvalue weighted by Gasteiger charge is -2.32. The fourth-order valence-electron chi connectivity index (χ4n) is 2.02. The van der Waals surface area contributed by atoms with Crippen LogP contribution in [-0.4, -0.2) is 36.2 Å². The van der Waals surface area contributed by atoms with Gasteiger partial charge >= 0.3 is 5.97 Å². The highest BCUT2D eigenvalue weighted by Gasteiger charge is 2.32. The van der Waals surface area contributed by atoms with E-state index in [1.807, 2.05) is 25.1 Å². The van der Waals surface area contributed by atoms with Crippen molar-refractivity contribution in [3.05, 3.63) is 28.2 Å². The molecule has 1 aromatic carbocycles. The van der Waals surface area contributed by atoms with E-state index in [0.717, 1.165) is 15.7 Å². The summed E-state index contributed by atoms with van der Waals surface area (Å²) in [5, 5.41) is 8.77. The van der Waals surface area contributed by atoms with Gasteiger partial charge in [-0.05, 0) is 40.5 Å². The molecular weight excluding hydrogens is 314 g/mol. The number of carbonyl (C=O) groups is 2. The number of aryl methyl sites for hydroxylation is 1. The quantitative estimate of drug-likeness (QED) is 0.921. The lowest BCUT2D eigenvalue weighted by atomic mass is 10.1. The summed E-state index contributed by atoms with van der Waals surface area (Å²) in [5.41, 5.74) is 1.83. The third-order valence-electron chi connectivity index (χ3n) is 2.93. The lowest BCUT2D eigenvalue weighted by molar-refractivity contribution is -0.147. The van der Waals surface area contributed by atoms with E-state index in [2.05, 4.69) is 15.9 Å². The van der Waals surface area contributed by atoms with Crippen molar-refractivity contribution in [1.29, 1.82) is 0 Å². The number of carboxylic acids is 1. The number of carbonyl (C=O) groups excluding carboxylic acids is 1. The summed E-state index contributed by atoms with van der Waals surface area (Å²) in [6, 6.07) is 5.68. The molecule has 1 N–H and O–H groups in total. The van der Waals surface area contributed by atoms with Crippen molar-refractivity contribution in [2.75, 3.05) is 18.1 Å². The predicted molar refractivity (Wildman–Crippen MR) is 73.2 cm³/mol. The minimum atomic E-state index is -1.04. The van der Waals surface area contributed by atoms with Gasteiger partial charge in [-0.3, -0.25) is 9.59 Å². The Hall–Kier alpha value is -1.40. The number of amides is 1. The molecule has 1 saturated heterocycles. The van der Waals surface area contributed by atoms with Gasteiger partial charge in [-0.15, -0.1) is 0 Å². The van der Waals surface area contributed by atoms with Crippen LogP contribution in [0.1, 0.15) is 12.0 Å². The maximum atomic E-state index is 12.2. The number of halogens is 1. The summed E-state index contributed by atoms with van der Waals surface area (Å²) in [4.78, 5) is 24.5. The highest BCUT2D eigenvalue weighted by atomic mass is 79.9. The van der Waals surface area contributed by atoms with Crippen molar-refractivity contribution >= 4 is 33.5 Å². The highest BCUT2D eigenvalue weighted by molar-refractivity contribution is 9.10. The van der Waals surface area contributed by atoms with Crippen molar-refractivity contribution in [2.24, 2.45) is 0 Å². The molecule has 1 aliphatic heterocycles. The minimum absolute atomic E-state index is 0.307. The van der Waals surface area contributed by atoms with Crippen LogP contribution in [0.3, 0.4) is 0 Å². The largest absolute Gasteiger partial charge is 0.481 e. The van der Waals surface area contributed by atoms with E-state index in [1.54, 1.807) is 4.90 Å². The van der Waals surface area contributed by atoms with Crippen molar-refractivity contribution in [3.63, 3.8) is 0 Å². The van der Waals surface area contributed by atoms with E-state index < -0.39 is 12.1 Å². The first kappa shape index (κ1) is 14.0. The van der Waals surface area contributed by atoms with Gasteiger partial charge in [-0.25, -0.2) is 0 Å². The van der Waals surface area contributed by atoms with Crippen LogP contribution in [0.5, 0.6) is 0 Å². The van der Waals surface area contributed by atoms with Crippen LogP contribution in [0, 0.1) is 6.92 Å². The van der Waals surface area contributed by atoms with Crippen LogP contribution in [0.25, 0.3) is 0 Å². The highest BCUT2D eigenvalue weighted by Crippen LogP contribution is 2.29. The van der Waals surface area contributed by atoms with Gasteiger partial charge in [0.1, 0.15) is 6.10 Å². The molecule has 5 nitrogen and oxygen atoms in total. The van der Waals surface area contributed by atoms with Crippen molar-refractivity contribution in [2.45, 2.75) is 19.4 Å². The molecule has 1 unspecified atom stereocenters. The molecule has 1 fully saturated rings. The summed E-state index contributed by atoms with van der Waals surface area (Å²) in [6.45, 7) is 2.73. The lowest BCUT2D eigenvalue weighted by Crippen LogP contribution is -2.48. The molecule has 0 saturated carbocycles. The Morgan fingerprint density at radius 2 is 2.32 bits per heavy atom. The van der Waals surface area contributed by atoms with E-state index in [4.69, 9.17) is 9.84 Å². The second kappa shape index (κ2) is 5.71. The van der Waals surface area contributed by atoms with Crippen LogP contribution >= 0.6 is 15.9 Å². The van der Waals surface area contributed by atoms with Crippen LogP contribution in [0.15, 0.2) is 22.7 Å². The molecule has 1 aliphatic rings. The monoisotopic (exact) mass is 327 g/mol. The zero-order valence-electron chi connectivity index (χ0n) is 10.4. The SMILES string of the molecule is Cc1ccc(N2CCOC(CC(=O)O)C2=O)c(Br)c1. The first-order valence-corrected chi connectivity index (χ1v) is 6.69. The second-order valence-electron chi connectivity index (χ2n) is 4.40. The topological polar surface area (TPSA) is 66.8 Å². The molecule has 1 heterocycles. The normalized spacial score (nSPS) is 19.6. The second-order valence-corrected chi connectivity index (χ2v) is 5.26. The number of hydrogen-bond acceptors (Lipinski definition) is 3. The third-order valence-corrected chi connectivity index (χ3v) is 3.56. The fraction of sp³-hybridized carbons (Fsp3) is 0.385. The molecule has 19 heavy (non-hydrogen) atoms. The van der Waals surface area contributed by atoms with Gasteiger partial charge in [-0.2, -0.15) is 0 Å². The van der Waals surface area contributed by atoms with Crippen LogP contribution in [0.4, 0.5) is 5.69 Å². The Morgan fingerprint density at radius 1 is 1.58 bits per heavy atom. The first-order chi connectivity index (χ1) is 8.99. The van der Waals surface area contributed by atoms with Gasteiger partial charge in [0.15, 0.2) is 0 Å². The summed E-state index contributed by atoms with van der Waals surface area (Å²) < 4.78 is 6.05. The maximum absolute atomic E-state index is 12.2. The van der Waals surface area contributed by atoms with Gasteiger partial charge < -0.3 is 14.7 Å².